The summed E-state index contributed by atoms with van der Waals surface area (Å²) in [4.78, 5) is 14.4. The third-order valence-electron chi connectivity index (χ3n) is 5.74. The number of amides is 1. The maximum absolute atomic E-state index is 13.4. The van der Waals surface area contributed by atoms with Crippen LogP contribution in [0, 0.1) is 6.92 Å². The molecule has 186 valence electrons. The number of carbonyl (C=O) groups excluding carboxylic acids is 1. The summed E-state index contributed by atoms with van der Waals surface area (Å²) < 4.78 is 45.3. The predicted octanol–water partition coefficient (Wildman–Crippen LogP) is 7.85. The number of para-hydroxylation sites is 1. The van der Waals surface area contributed by atoms with Gasteiger partial charge in [0.1, 0.15) is 11.5 Å². The van der Waals surface area contributed by atoms with Crippen LogP contribution >= 0.6 is 11.8 Å². The molecule has 0 bridgehead atoms. The van der Waals surface area contributed by atoms with Crippen LogP contribution in [0.2, 0.25) is 0 Å². The molecule has 0 aliphatic carbocycles. The van der Waals surface area contributed by atoms with Crippen molar-refractivity contribution in [3.63, 3.8) is 0 Å². The fraction of sp³-hybridized carbons (Fsp3) is 0.103. The number of hydrogen-bond acceptors (Lipinski definition) is 4. The second kappa shape index (κ2) is 10.1. The zero-order valence-electron chi connectivity index (χ0n) is 19.7. The first kappa shape index (κ1) is 24.6. The minimum Gasteiger partial charge on any atom is -0.457 e. The van der Waals surface area contributed by atoms with Gasteiger partial charge in [0.15, 0.2) is 0 Å². The molecular weight excluding hydrogens is 497 g/mol. The van der Waals surface area contributed by atoms with E-state index in [9.17, 15) is 18.0 Å². The Hall–Kier alpha value is -4.04. The predicted molar refractivity (Wildman–Crippen MR) is 140 cm³/mol. The largest absolute Gasteiger partial charge is 0.457 e. The van der Waals surface area contributed by atoms with Crippen molar-refractivity contribution in [2.24, 2.45) is 5.10 Å². The lowest BCUT2D eigenvalue weighted by molar-refractivity contribution is -0.137. The van der Waals surface area contributed by atoms with Crippen molar-refractivity contribution in [3.05, 3.63) is 113 Å². The summed E-state index contributed by atoms with van der Waals surface area (Å²) in [6.45, 7) is 2.02. The Morgan fingerprint density at radius 3 is 2.43 bits per heavy atom. The standard InChI is InChI=1S/C29H21F3N2O2S/c1-19-10-13-24(14-11-19)37-18-26-25(28(35)34(33-26)22-8-3-2-4-9-22)17-23-12-15-27(36-23)20-6-5-7-21(16-20)29(30,31)32/h2-17H,18H2,1H3/b25-17-. The molecule has 3 aromatic carbocycles. The smallest absolute Gasteiger partial charge is 0.416 e. The Labute approximate surface area is 216 Å². The van der Waals surface area contributed by atoms with E-state index < -0.39 is 11.7 Å². The fourth-order valence-electron chi connectivity index (χ4n) is 3.82. The lowest BCUT2D eigenvalue weighted by Gasteiger charge is -2.10. The van der Waals surface area contributed by atoms with Gasteiger partial charge in [-0.15, -0.1) is 11.8 Å². The van der Waals surface area contributed by atoms with E-state index in [0.717, 1.165) is 22.6 Å². The Morgan fingerprint density at radius 1 is 0.946 bits per heavy atom. The van der Waals surface area contributed by atoms with Crippen LogP contribution in [0.5, 0.6) is 0 Å². The number of carbonyl (C=O) groups is 1. The molecule has 8 heteroatoms. The summed E-state index contributed by atoms with van der Waals surface area (Å²) in [5.41, 5.74) is 2.28. The second-order valence-corrected chi connectivity index (χ2v) is 9.49. The Bertz CT molecular complexity index is 1490. The summed E-state index contributed by atoms with van der Waals surface area (Å²) in [6.07, 6.45) is -2.86. The maximum Gasteiger partial charge on any atom is 0.416 e. The van der Waals surface area contributed by atoms with Crippen molar-refractivity contribution in [1.82, 2.24) is 0 Å². The Morgan fingerprint density at radius 2 is 1.70 bits per heavy atom. The molecule has 0 saturated heterocycles. The molecule has 1 aromatic heterocycles. The molecule has 0 N–H and O–H groups in total. The van der Waals surface area contributed by atoms with Crippen molar-refractivity contribution in [3.8, 4) is 11.3 Å². The van der Waals surface area contributed by atoms with Crippen molar-refractivity contribution in [1.29, 1.82) is 0 Å². The number of alkyl halides is 3. The first-order valence-corrected chi connectivity index (χ1v) is 12.4. The molecule has 1 aliphatic heterocycles. The summed E-state index contributed by atoms with van der Waals surface area (Å²) in [6, 6.07) is 25.4. The molecule has 0 radical (unpaired) electrons. The van der Waals surface area contributed by atoms with Gasteiger partial charge in [0, 0.05) is 16.2 Å². The van der Waals surface area contributed by atoms with Gasteiger partial charge < -0.3 is 4.42 Å². The SMILES string of the molecule is Cc1ccc(SCC2=NN(c3ccccc3)C(=O)/C2=C\c2ccc(-c3cccc(C(F)(F)F)c3)o2)cc1. The summed E-state index contributed by atoms with van der Waals surface area (Å²) in [7, 11) is 0. The fourth-order valence-corrected chi connectivity index (χ4v) is 4.66. The number of hydrazone groups is 1. The first-order chi connectivity index (χ1) is 17.8. The zero-order chi connectivity index (χ0) is 26.0. The topological polar surface area (TPSA) is 45.8 Å². The Kier molecular flexibility index (Phi) is 6.76. The number of nitrogens with zero attached hydrogens (tertiary/aromatic N) is 2. The van der Waals surface area contributed by atoms with Crippen molar-refractivity contribution in [2.75, 3.05) is 10.8 Å². The average molecular weight is 519 g/mol. The van der Waals surface area contributed by atoms with Gasteiger partial charge in [0.05, 0.1) is 22.5 Å². The van der Waals surface area contributed by atoms with Crippen molar-refractivity contribution in [2.45, 2.75) is 18.0 Å². The molecule has 0 fully saturated rings. The third-order valence-corrected chi connectivity index (χ3v) is 6.76. The lowest BCUT2D eigenvalue weighted by Crippen LogP contribution is -2.21. The maximum atomic E-state index is 13.4. The van der Waals surface area contributed by atoms with Gasteiger partial charge in [-0.2, -0.15) is 23.3 Å². The molecule has 2 heterocycles. The molecule has 0 saturated carbocycles. The molecule has 1 aliphatic rings. The molecular formula is C29H21F3N2O2S. The van der Waals surface area contributed by atoms with Crippen LogP contribution in [0.4, 0.5) is 18.9 Å². The van der Waals surface area contributed by atoms with Crippen LogP contribution in [0.3, 0.4) is 0 Å². The van der Waals surface area contributed by atoms with Crippen LogP contribution in [0.1, 0.15) is 16.9 Å². The average Bonchev–Trinajstić information content (AvgIpc) is 3.49. The number of aryl methyl sites for hydroxylation is 1. The van der Waals surface area contributed by atoms with Crippen molar-refractivity contribution >= 4 is 35.1 Å². The van der Waals surface area contributed by atoms with Crippen LogP contribution in [-0.4, -0.2) is 17.4 Å². The normalized spacial score (nSPS) is 14.9. The van der Waals surface area contributed by atoms with Crippen molar-refractivity contribution < 1.29 is 22.4 Å². The highest BCUT2D eigenvalue weighted by atomic mass is 32.2. The van der Waals surface area contributed by atoms with Crippen LogP contribution in [-0.2, 0) is 11.0 Å². The summed E-state index contributed by atoms with van der Waals surface area (Å²) >= 11 is 1.56. The number of furan rings is 1. The van der Waals surface area contributed by atoms with E-state index in [2.05, 4.69) is 5.10 Å². The molecule has 1 amide bonds. The summed E-state index contributed by atoms with van der Waals surface area (Å²) in [5.74, 6) is 0.766. The minimum absolute atomic E-state index is 0.274. The van der Waals surface area contributed by atoms with Gasteiger partial charge >= 0.3 is 6.18 Å². The van der Waals surface area contributed by atoms with Gasteiger partial charge in [-0.05, 0) is 61.5 Å². The number of thioether (sulfide) groups is 1. The zero-order valence-corrected chi connectivity index (χ0v) is 20.5. The Balaban J connectivity index is 1.45. The molecule has 4 aromatic rings. The third kappa shape index (κ3) is 5.54. The molecule has 0 spiro atoms. The number of benzene rings is 3. The van der Waals surface area contributed by atoms with E-state index in [1.54, 1.807) is 48.2 Å². The highest BCUT2D eigenvalue weighted by Crippen LogP contribution is 2.34. The van der Waals surface area contributed by atoms with E-state index in [1.807, 2.05) is 49.4 Å². The number of halogens is 3. The second-order valence-electron chi connectivity index (χ2n) is 8.44. The molecule has 0 atom stereocenters. The van der Waals surface area contributed by atoms with Gasteiger partial charge in [-0.1, -0.05) is 48.0 Å². The number of anilines is 1. The van der Waals surface area contributed by atoms with E-state index >= 15 is 0 Å². The highest BCUT2D eigenvalue weighted by molar-refractivity contribution is 8.00. The van der Waals surface area contributed by atoms with Gasteiger partial charge in [-0.25, -0.2) is 0 Å². The first-order valence-electron chi connectivity index (χ1n) is 11.4. The van der Waals surface area contributed by atoms with E-state index in [1.165, 1.54) is 11.1 Å². The highest BCUT2D eigenvalue weighted by Gasteiger charge is 2.32. The van der Waals surface area contributed by atoms with Gasteiger partial charge in [0.2, 0.25) is 0 Å². The van der Waals surface area contributed by atoms with E-state index in [0.29, 0.717) is 34.0 Å². The van der Waals surface area contributed by atoms with Gasteiger partial charge in [0.25, 0.3) is 5.91 Å². The monoisotopic (exact) mass is 518 g/mol. The lowest BCUT2D eigenvalue weighted by atomic mass is 10.1. The number of rotatable bonds is 6. The van der Waals surface area contributed by atoms with Crippen LogP contribution in [0.25, 0.3) is 17.4 Å². The molecule has 5 rings (SSSR count). The minimum atomic E-state index is -4.45. The van der Waals surface area contributed by atoms with Crippen LogP contribution in [0.15, 0.2) is 111 Å². The summed E-state index contributed by atoms with van der Waals surface area (Å²) in [5, 5.41) is 5.95. The molecule has 4 nitrogen and oxygen atoms in total. The van der Waals surface area contributed by atoms with E-state index in [4.69, 9.17) is 4.42 Å². The van der Waals surface area contributed by atoms with Crippen LogP contribution < -0.4 is 5.01 Å². The molecule has 37 heavy (non-hydrogen) atoms. The van der Waals surface area contributed by atoms with Gasteiger partial charge in [-0.3, -0.25) is 4.79 Å². The quantitative estimate of drug-likeness (QED) is 0.193. The number of hydrogen-bond donors (Lipinski definition) is 0. The van der Waals surface area contributed by atoms with E-state index in [-0.39, 0.29) is 11.7 Å². The molecule has 0 unspecified atom stereocenters.